The van der Waals surface area contributed by atoms with Crippen LogP contribution in [0, 0.1) is 17.4 Å². The Morgan fingerprint density at radius 2 is 1.74 bits per heavy atom. The number of nitrogens with one attached hydrogen (secondary N) is 2. The molecule has 0 aromatic heterocycles. The van der Waals surface area contributed by atoms with Gasteiger partial charge in [0.25, 0.3) is 0 Å². The zero-order chi connectivity index (χ0) is 13.8. The van der Waals surface area contributed by atoms with Crippen molar-refractivity contribution in [3.05, 3.63) is 57.2 Å². The highest BCUT2D eigenvalue weighted by Gasteiger charge is 2.02. The lowest BCUT2D eigenvalue weighted by Gasteiger charge is -2.13. The predicted octanol–water partition coefficient (Wildman–Crippen LogP) is 4.72. The highest BCUT2D eigenvalue weighted by molar-refractivity contribution is 14.1. The van der Waals surface area contributed by atoms with E-state index in [1.807, 2.05) is 24.3 Å². The van der Waals surface area contributed by atoms with Gasteiger partial charge in [-0.2, -0.15) is 0 Å². The number of rotatable bonds is 2. The minimum absolute atomic E-state index is 0.606. The van der Waals surface area contributed by atoms with Crippen molar-refractivity contribution in [3.63, 3.8) is 0 Å². The summed E-state index contributed by atoms with van der Waals surface area (Å²) in [6.07, 6.45) is 0. The van der Waals surface area contributed by atoms with Crippen molar-refractivity contribution in [3.8, 4) is 0 Å². The van der Waals surface area contributed by atoms with Crippen LogP contribution in [-0.2, 0) is 0 Å². The van der Waals surface area contributed by atoms with E-state index in [9.17, 15) is 0 Å². The maximum atomic E-state index is 5.33. The van der Waals surface area contributed by atoms with Crippen LogP contribution < -0.4 is 10.6 Å². The lowest BCUT2D eigenvalue weighted by molar-refractivity contribution is 1.42. The molecule has 0 aliphatic carbocycles. The quantitative estimate of drug-likeness (QED) is 0.581. The number of halogens is 1. The van der Waals surface area contributed by atoms with Crippen LogP contribution in [0.4, 0.5) is 11.4 Å². The second-order valence-corrected chi connectivity index (χ2v) is 5.93. The summed E-state index contributed by atoms with van der Waals surface area (Å²) in [5, 5.41) is 7.02. The molecule has 2 rings (SSSR count). The van der Waals surface area contributed by atoms with Gasteiger partial charge in [-0.15, -0.1) is 0 Å². The van der Waals surface area contributed by atoms with Crippen LogP contribution in [0.3, 0.4) is 0 Å². The number of aryl methyl sites for hydroxylation is 2. The molecule has 2 N–H and O–H groups in total. The first-order valence-corrected chi connectivity index (χ1v) is 7.45. The molecule has 0 unspecified atom stereocenters. The summed E-state index contributed by atoms with van der Waals surface area (Å²) in [5.74, 6) is 0. The number of thiocarbonyl (C=S) groups is 1. The van der Waals surface area contributed by atoms with Crippen LogP contribution in [0.25, 0.3) is 0 Å². The maximum Gasteiger partial charge on any atom is 0.175 e. The standard InChI is InChI=1S/C15H15IN2S/c1-10-5-3-4-6-14(10)18-15(19)17-12-7-8-13(16)11(2)9-12/h3-9H,1-2H3,(H2,17,18,19). The summed E-state index contributed by atoms with van der Waals surface area (Å²) in [6.45, 7) is 4.14. The largest absolute Gasteiger partial charge is 0.332 e. The SMILES string of the molecule is Cc1cc(NC(=S)Nc2ccccc2C)ccc1I. The van der Waals surface area contributed by atoms with Gasteiger partial charge in [0.15, 0.2) is 5.11 Å². The average molecular weight is 382 g/mol. The van der Waals surface area contributed by atoms with Gasteiger partial charge in [-0.3, -0.25) is 0 Å². The predicted molar refractivity (Wildman–Crippen MR) is 94.9 cm³/mol. The molecule has 0 amide bonds. The molecular formula is C15H15IN2S. The third-order valence-electron chi connectivity index (χ3n) is 2.81. The fourth-order valence-electron chi connectivity index (χ4n) is 1.72. The Kier molecular flexibility index (Phi) is 4.76. The topological polar surface area (TPSA) is 24.1 Å². The number of hydrogen-bond donors (Lipinski definition) is 2. The van der Waals surface area contributed by atoms with Crippen LogP contribution in [0.1, 0.15) is 11.1 Å². The summed E-state index contributed by atoms with van der Waals surface area (Å²) in [4.78, 5) is 0. The van der Waals surface area contributed by atoms with Crippen molar-refractivity contribution < 1.29 is 0 Å². The first kappa shape index (κ1) is 14.3. The van der Waals surface area contributed by atoms with E-state index in [4.69, 9.17) is 12.2 Å². The fraction of sp³-hybridized carbons (Fsp3) is 0.133. The smallest absolute Gasteiger partial charge is 0.175 e. The minimum atomic E-state index is 0.606. The minimum Gasteiger partial charge on any atom is -0.332 e. The zero-order valence-electron chi connectivity index (χ0n) is 10.8. The Bertz CT molecular complexity index is 611. The van der Waals surface area contributed by atoms with Crippen molar-refractivity contribution in [1.29, 1.82) is 0 Å². The van der Waals surface area contributed by atoms with Crippen molar-refractivity contribution in [2.75, 3.05) is 10.6 Å². The van der Waals surface area contributed by atoms with Gasteiger partial charge in [0.05, 0.1) is 0 Å². The Hall–Kier alpha value is -1.14. The van der Waals surface area contributed by atoms with Crippen molar-refractivity contribution in [2.45, 2.75) is 13.8 Å². The van der Waals surface area contributed by atoms with Crippen LogP contribution in [0.2, 0.25) is 0 Å². The molecule has 0 spiro atoms. The molecule has 0 bridgehead atoms. The van der Waals surface area contributed by atoms with Crippen LogP contribution >= 0.6 is 34.8 Å². The second-order valence-electron chi connectivity index (χ2n) is 4.36. The lowest BCUT2D eigenvalue weighted by Crippen LogP contribution is -2.19. The molecule has 0 saturated heterocycles. The van der Waals surface area contributed by atoms with E-state index in [1.54, 1.807) is 0 Å². The zero-order valence-corrected chi connectivity index (χ0v) is 13.8. The molecule has 2 aromatic rings. The van der Waals surface area contributed by atoms with Gasteiger partial charge in [0.1, 0.15) is 0 Å². The van der Waals surface area contributed by atoms with Crippen LogP contribution in [0.15, 0.2) is 42.5 Å². The molecule has 0 fully saturated rings. The molecule has 4 heteroatoms. The monoisotopic (exact) mass is 382 g/mol. The Labute approximate surface area is 132 Å². The van der Waals surface area contributed by atoms with E-state index in [2.05, 4.69) is 65.3 Å². The molecule has 98 valence electrons. The molecule has 0 aliphatic heterocycles. The average Bonchev–Trinajstić information content (AvgIpc) is 2.37. The normalized spacial score (nSPS) is 10.1. The molecular weight excluding hydrogens is 367 g/mol. The fourth-order valence-corrected chi connectivity index (χ4v) is 2.28. The van der Waals surface area contributed by atoms with E-state index in [0.717, 1.165) is 11.4 Å². The lowest BCUT2D eigenvalue weighted by atomic mass is 10.2. The summed E-state index contributed by atoms with van der Waals surface area (Å²) < 4.78 is 1.25. The van der Waals surface area contributed by atoms with Gasteiger partial charge in [-0.1, -0.05) is 18.2 Å². The highest BCUT2D eigenvalue weighted by atomic mass is 127. The summed E-state index contributed by atoms with van der Waals surface area (Å²) in [5.41, 5.74) is 4.45. The van der Waals surface area contributed by atoms with Gasteiger partial charge in [0, 0.05) is 14.9 Å². The number of anilines is 2. The maximum absolute atomic E-state index is 5.33. The van der Waals surface area contributed by atoms with Gasteiger partial charge in [-0.25, -0.2) is 0 Å². The third kappa shape index (κ3) is 3.91. The molecule has 2 nitrogen and oxygen atoms in total. The van der Waals surface area contributed by atoms with Crippen LogP contribution in [-0.4, -0.2) is 5.11 Å². The Morgan fingerprint density at radius 3 is 2.42 bits per heavy atom. The van der Waals surface area contributed by atoms with Gasteiger partial charge in [0.2, 0.25) is 0 Å². The van der Waals surface area contributed by atoms with Crippen LogP contribution in [0.5, 0.6) is 0 Å². The molecule has 0 saturated carbocycles. The van der Waals surface area contributed by atoms with Crippen molar-refractivity contribution in [2.24, 2.45) is 0 Å². The van der Waals surface area contributed by atoms with E-state index in [1.165, 1.54) is 14.7 Å². The molecule has 0 atom stereocenters. The third-order valence-corrected chi connectivity index (χ3v) is 4.22. The van der Waals surface area contributed by atoms with Gasteiger partial charge < -0.3 is 10.6 Å². The Morgan fingerprint density at radius 1 is 1.00 bits per heavy atom. The molecule has 0 radical (unpaired) electrons. The van der Waals surface area contributed by atoms with Gasteiger partial charge >= 0.3 is 0 Å². The van der Waals surface area contributed by atoms with E-state index in [0.29, 0.717) is 5.11 Å². The Balaban J connectivity index is 2.05. The molecule has 19 heavy (non-hydrogen) atoms. The van der Waals surface area contributed by atoms with E-state index >= 15 is 0 Å². The summed E-state index contributed by atoms with van der Waals surface area (Å²) >= 11 is 7.65. The summed E-state index contributed by atoms with van der Waals surface area (Å²) in [6, 6.07) is 14.3. The first-order valence-electron chi connectivity index (χ1n) is 5.96. The van der Waals surface area contributed by atoms with E-state index < -0.39 is 0 Å². The number of para-hydroxylation sites is 1. The number of benzene rings is 2. The molecule has 2 aromatic carbocycles. The number of hydrogen-bond acceptors (Lipinski definition) is 1. The van der Waals surface area contributed by atoms with Gasteiger partial charge in [-0.05, 0) is 84.0 Å². The van der Waals surface area contributed by atoms with Crippen molar-refractivity contribution in [1.82, 2.24) is 0 Å². The first-order chi connectivity index (χ1) is 9.06. The highest BCUT2D eigenvalue weighted by Crippen LogP contribution is 2.18. The molecule has 0 heterocycles. The van der Waals surface area contributed by atoms with E-state index in [-0.39, 0.29) is 0 Å². The summed E-state index contributed by atoms with van der Waals surface area (Å²) in [7, 11) is 0. The molecule has 0 aliphatic rings. The second kappa shape index (κ2) is 6.34. The van der Waals surface area contributed by atoms with Crippen molar-refractivity contribution >= 4 is 51.3 Å².